The number of piperazine rings is 1. The van der Waals surface area contributed by atoms with Gasteiger partial charge in [0, 0.05) is 25.8 Å². The van der Waals surface area contributed by atoms with E-state index in [0.717, 1.165) is 0 Å². The minimum absolute atomic E-state index is 0.120. The normalized spacial score (nSPS) is 19.5. The first-order chi connectivity index (χ1) is 9.58. The molecule has 1 aliphatic rings. The highest BCUT2D eigenvalue weighted by Crippen LogP contribution is 2.03. The van der Waals surface area contributed by atoms with Crippen LogP contribution in [0.3, 0.4) is 0 Å². The number of H-pyrrole nitrogens is 1. The number of rotatable bonds is 4. The molecule has 1 unspecified atom stereocenters. The van der Waals surface area contributed by atoms with E-state index in [9.17, 15) is 14.4 Å². The van der Waals surface area contributed by atoms with Crippen LogP contribution in [0.5, 0.6) is 0 Å². The smallest absolute Gasteiger partial charge is 0.322 e. The fourth-order valence-electron chi connectivity index (χ4n) is 2.07. The molecule has 8 heteroatoms. The third-order valence-electron chi connectivity index (χ3n) is 3.08. The quantitative estimate of drug-likeness (QED) is 0.541. The molecule has 1 atom stereocenters. The molecular weight excluding hydrogens is 264 g/mol. The van der Waals surface area contributed by atoms with E-state index in [2.05, 4.69) is 15.6 Å². The summed E-state index contributed by atoms with van der Waals surface area (Å²) in [5.74, 6) is -2.03. The van der Waals surface area contributed by atoms with E-state index in [1.807, 2.05) is 0 Å². The number of hydrogen-bond donors (Lipinski definition) is 4. The molecule has 0 spiro atoms. The van der Waals surface area contributed by atoms with Gasteiger partial charge in [0.15, 0.2) is 0 Å². The maximum atomic E-state index is 11.8. The first kappa shape index (κ1) is 14.2. The summed E-state index contributed by atoms with van der Waals surface area (Å²) in [5.41, 5.74) is 0.286. The van der Waals surface area contributed by atoms with Gasteiger partial charge in [-0.2, -0.15) is 0 Å². The number of amides is 2. The molecule has 2 amide bonds. The van der Waals surface area contributed by atoms with Crippen molar-refractivity contribution in [3.8, 4) is 0 Å². The van der Waals surface area contributed by atoms with Crippen LogP contribution in [0.25, 0.3) is 0 Å². The number of aromatic amines is 1. The lowest BCUT2D eigenvalue weighted by molar-refractivity contribution is -0.144. The number of nitrogens with one attached hydrogen (secondary N) is 3. The highest BCUT2D eigenvalue weighted by atomic mass is 16.4. The number of carbonyl (C=O) groups excluding carboxylic acids is 2. The third kappa shape index (κ3) is 3.43. The maximum Gasteiger partial charge on any atom is 0.322 e. The molecule has 8 nitrogen and oxygen atoms in total. The average Bonchev–Trinajstić information content (AvgIpc) is 2.92. The van der Waals surface area contributed by atoms with Crippen molar-refractivity contribution >= 4 is 17.8 Å². The standard InChI is InChI=1S/C12H16N4O4/c17-10(15-11(18)8-2-1-3-14-8)7-16-5-4-13-6-9(16)12(19)20/h1-3,9,13-14H,4-7H2,(H,19,20)(H,15,17,18). The van der Waals surface area contributed by atoms with Crippen LogP contribution in [0.4, 0.5) is 0 Å². The van der Waals surface area contributed by atoms with Gasteiger partial charge in [0.2, 0.25) is 5.91 Å². The molecule has 1 saturated heterocycles. The molecule has 1 fully saturated rings. The zero-order chi connectivity index (χ0) is 14.5. The first-order valence-electron chi connectivity index (χ1n) is 6.23. The molecule has 0 radical (unpaired) electrons. The van der Waals surface area contributed by atoms with Crippen molar-refractivity contribution in [2.45, 2.75) is 6.04 Å². The second-order valence-electron chi connectivity index (χ2n) is 4.49. The van der Waals surface area contributed by atoms with Gasteiger partial charge in [-0.25, -0.2) is 0 Å². The Bertz CT molecular complexity index is 500. The van der Waals surface area contributed by atoms with Gasteiger partial charge in [-0.1, -0.05) is 0 Å². The van der Waals surface area contributed by atoms with Crippen molar-refractivity contribution in [2.75, 3.05) is 26.2 Å². The molecule has 2 rings (SSSR count). The second kappa shape index (κ2) is 6.31. The zero-order valence-corrected chi connectivity index (χ0v) is 10.8. The van der Waals surface area contributed by atoms with Crippen molar-refractivity contribution in [1.29, 1.82) is 0 Å². The van der Waals surface area contributed by atoms with E-state index in [1.54, 1.807) is 18.3 Å². The van der Waals surface area contributed by atoms with E-state index in [-0.39, 0.29) is 18.8 Å². The molecule has 4 N–H and O–H groups in total. The molecule has 0 aliphatic carbocycles. The minimum atomic E-state index is -0.985. The van der Waals surface area contributed by atoms with E-state index in [1.165, 1.54) is 4.90 Å². The topological polar surface area (TPSA) is 115 Å². The van der Waals surface area contributed by atoms with Gasteiger partial charge in [0.25, 0.3) is 5.91 Å². The van der Waals surface area contributed by atoms with Gasteiger partial charge in [0.1, 0.15) is 11.7 Å². The van der Waals surface area contributed by atoms with E-state index < -0.39 is 23.8 Å². The molecule has 1 aromatic heterocycles. The Hall–Kier alpha value is -2.19. The number of imide groups is 1. The molecule has 0 saturated carbocycles. The van der Waals surface area contributed by atoms with E-state index in [4.69, 9.17) is 5.11 Å². The van der Waals surface area contributed by atoms with Gasteiger partial charge in [-0.05, 0) is 12.1 Å². The van der Waals surface area contributed by atoms with Crippen molar-refractivity contribution in [3.05, 3.63) is 24.0 Å². The Balaban J connectivity index is 1.90. The minimum Gasteiger partial charge on any atom is -0.480 e. The molecule has 1 aromatic rings. The molecule has 0 aromatic carbocycles. The summed E-state index contributed by atoms with van der Waals surface area (Å²) in [6, 6.07) is 2.44. The largest absolute Gasteiger partial charge is 0.480 e. The molecule has 2 heterocycles. The van der Waals surface area contributed by atoms with Crippen LogP contribution in [0.2, 0.25) is 0 Å². The number of carboxylic acid groups (broad SMARTS) is 1. The lowest BCUT2D eigenvalue weighted by Gasteiger charge is -2.32. The van der Waals surface area contributed by atoms with E-state index >= 15 is 0 Å². The number of hydrogen-bond acceptors (Lipinski definition) is 5. The van der Waals surface area contributed by atoms with E-state index in [0.29, 0.717) is 13.1 Å². The Morgan fingerprint density at radius 3 is 2.90 bits per heavy atom. The van der Waals surface area contributed by atoms with Crippen LogP contribution in [0, 0.1) is 0 Å². The fourth-order valence-corrected chi connectivity index (χ4v) is 2.07. The summed E-state index contributed by atoms with van der Waals surface area (Å²) >= 11 is 0. The highest BCUT2D eigenvalue weighted by Gasteiger charge is 2.29. The summed E-state index contributed by atoms with van der Waals surface area (Å²) < 4.78 is 0. The number of carboxylic acids is 1. The summed E-state index contributed by atoms with van der Waals surface area (Å²) in [6.07, 6.45) is 1.58. The van der Waals surface area contributed by atoms with Crippen molar-refractivity contribution < 1.29 is 19.5 Å². The number of aliphatic carboxylic acids is 1. The Kier molecular flexibility index (Phi) is 4.49. The van der Waals surface area contributed by atoms with Gasteiger partial charge in [0.05, 0.1) is 6.54 Å². The fraction of sp³-hybridized carbons (Fsp3) is 0.417. The molecule has 1 aliphatic heterocycles. The Morgan fingerprint density at radius 1 is 1.45 bits per heavy atom. The zero-order valence-electron chi connectivity index (χ0n) is 10.8. The van der Waals surface area contributed by atoms with Crippen LogP contribution in [-0.4, -0.2) is 65.0 Å². The summed E-state index contributed by atoms with van der Waals surface area (Å²) in [6.45, 7) is 1.22. The summed E-state index contributed by atoms with van der Waals surface area (Å²) in [7, 11) is 0. The first-order valence-corrected chi connectivity index (χ1v) is 6.23. The third-order valence-corrected chi connectivity index (χ3v) is 3.08. The molecular formula is C12H16N4O4. The predicted octanol–water partition coefficient (Wildman–Crippen LogP) is -1.37. The average molecular weight is 280 g/mol. The summed E-state index contributed by atoms with van der Waals surface area (Å²) in [4.78, 5) is 38.7. The summed E-state index contributed by atoms with van der Waals surface area (Å²) in [5, 5.41) is 14.2. The Morgan fingerprint density at radius 2 is 2.25 bits per heavy atom. The molecule has 0 bridgehead atoms. The van der Waals surface area contributed by atoms with Gasteiger partial charge in [-0.15, -0.1) is 0 Å². The van der Waals surface area contributed by atoms with Gasteiger partial charge in [-0.3, -0.25) is 24.6 Å². The number of carbonyl (C=O) groups is 3. The van der Waals surface area contributed by atoms with Crippen LogP contribution >= 0.6 is 0 Å². The highest BCUT2D eigenvalue weighted by molar-refractivity contribution is 6.04. The van der Waals surface area contributed by atoms with Crippen LogP contribution in [-0.2, 0) is 9.59 Å². The lowest BCUT2D eigenvalue weighted by Crippen LogP contribution is -2.57. The maximum absolute atomic E-state index is 11.8. The SMILES string of the molecule is O=C(CN1CCNCC1C(=O)O)NC(=O)c1ccc[nH]1. The molecule has 108 valence electrons. The van der Waals surface area contributed by atoms with Gasteiger partial charge >= 0.3 is 5.97 Å². The van der Waals surface area contributed by atoms with Gasteiger partial charge < -0.3 is 15.4 Å². The number of aromatic nitrogens is 1. The van der Waals surface area contributed by atoms with Crippen molar-refractivity contribution in [3.63, 3.8) is 0 Å². The van der Waals surface area contributed by atoms with Crippen LogP contribution in [0.1, 0.15) is 10.5 Å². The van der Waals surface area contributed by atoms with Crippen LogP contribution in [0.15, 0.2) is 18.3 Å². The predicted molar refractivity (Wildman–Crippen MR) is 69.1 cm³/mol. The lowest BCUT2D eigenvalue weighted by atomic mass is 10.2. The Labute approximate surface area is 115 Å². The molecule has 20 heavy (non-hydrogen) atoms. The monoisotopic (exact) mass is 280 g/mol. The number of nitrogens with zero attached hydrogens (tertiary/aromatic N) is 1. The van der Waals surface area contributed by atoms with Crippen LogP contribution < -0.4 is 10.6 Å². The second-order valence-corrected chi connectivity index (χ2v) is 4.49. The van der Waals surface area contributed by atoms with Crippen molar-refractivity contribution in [2.24, 2.45) is 0 Å². The van der Waals surface area contributed by atoms with Crippen molar-refractivity contribution in [1.82, 2.24) is 20.5 Å².